The molecule has 142 valence electrons. The predicted molar refractivity (Wildman–Crippen MR) is 95.7 cm³/mol. The Bertz CT molecular complexity index is 1030. The zero-order valence-electron chi connectivity index (χ0n) is 15.1. The fourth-order valence-corrected chi connectivity index (χ4v) is 4.63. The first-order valence-corrected chi connectivity index (χ1v) is 9.33. The van der Waals surface area contributed by atoms with Gasteiger partial charge in [0.2, 0.25) is 11.8 Å². The van der Waals surface area contributed by atoms with Crippen molar-refractivity contribution < 1.29 is 13.6 Å². The Balaban J connectivity index is 1.48. The summed E-state index contributed by atoms with van der Waals surface area (Å²) in [6.45, 7) is 3.29. The Morgan fingerprint density at radius 3 is 2.89 bits per heavy atom. The molecule has 3 aromatic heterocycles. The summed E-state index contributed by atoms with van der Waals surface area (Å²) in [4.78, 5) is 26.5. The highest BCUT2D eigenvalue weighted by molar-refractivity contribution is 5.80. The van der Waals surface area contributed by atoms with Crippen LogP contribution in [0.25, 0.3) is 16.8 Å². The topological polar surface area (TPSA) is 66.3 Å². The molecular weight excluding hydrogens is 352 g/mol. The Hall–Kier alpha value is -2.51. The van der Waals surface area contributed by atoms with E-state index in [1.165, 1.54) is 0 Å². The van der Waals surface area contributed by atoms with E-state index in [0.717, 1.165) is 35.3 Å². The molecule has 1 unspecified atom stereocenters. The molecule has 4 heterocycles. The number of likely N-dealkylation sites (tertiary alicyclic amines) is 1. The van der Waals surface area contributed by atoms with E-state index in [0.29, 0.717) is 13.1 Å². The minimum absolute atomic E-state index is 0.130. The molecule has 0 bridgehead atoms. The van der Waals surface area contributed by atoms with Crippen LogP contribution in [0.2, 0.25) is 0 Å². The molecule has 8 heteroatoms. The zero-order valence-corrected chi connectivity index (χ0v) is 15.1. The van der Waals surface area contributed by atoms with E-state index >= 15 is 0 Å². The molecule has 0 spiro atoms. The molecule has 2 fully saturated rings. The van der Waals surface area contributed by atoms with Crippen LogP contribution in [0.1, 0.15) is 38.3 Å². The first kappa shape index (κ1) is 16.6. The van der Waals surface area contributed by atoms with E-state index in [2.05, 4.69) is 26.3 Å². The lowest BCUT2D eigenvalue weighted by atomic mass is 9.76. The van der Waals surface area contributed by atoms with Gasteiger partial charge in [0.25, 0.3) is 0 Å². The number of hydrogen-bond donors (Lipinski definition) is 1. The fourth-order valence-electron chi connectivity index (χ4n) is 4.63. The number of amides is 1. The molecule has 1 saturated heterocycles. The van der Waals surface area contributed by atoms with E-state index < -0.39 is 11.8 Å². The first-order valence-electron chi connectivity index (χ1n) is 9.33. The zero-order chi connectivity index (χ0) is 18.8. The number of carbonyl (C=O) groups is 1. The third-order valence-electron chi connectivity index (χ3n) is 6.11. The van der Waals surface area contributed by atoms with Gasteiger partial charge in [-0.1, -0.05) is 6.92 Å². The first-order chi connectivity index (χ1) is 12.9. The highest BCUT2D eigenvalue weighted by atomic mass is 19.3. The highest BCUT2D eigenvalue weighted by Crippen LogP contribution is 2.44. The number of nitrogens with zero attached hydrogens (tertiary/aromatic N) is 4. The molecule has 27 heavy (non-hydrogen) atoms. The molecule has 1 saturated carbocycles. The molecule has 5 rings (SSSR count). The maximum Gasteiger partial charge on any atom is 0.249 e. The van der Waals surface area contributed by atoms with Crippen LogP contribution in [0, 0.1) is 5.92 Å². The number of aromatic nitrogens is 4. The Labute approximate surface area is 154 Å². The van der Waals surface area contributed by atoms with Crippen LogP contribution in [0.4, 0.5) is 8.78 Å². The van der Waals surface area contributed by atoms with Crippen molar-refractivity contribution in [3.8, 4) is 0 Å². The molecule has 6 nitrogen and oxygen atoms in total. The maximum absolute atomic E-state index is 13.2. The second-order valence-corrected chi connectivity index (χ2v) is 8.19. The number of aromatic amines is 1. The number of fused-ring (bicyclic) bond motifs is 3. The van der Waals surface area contributed by atoms with Crippen molar-refractivity contribution in [2.24, 2.45) is 5.92 Å². The smallest absolute Gasteiger partial charge is 0.249 e. The predicted octanol–water partition coefficient (Wildman–Crippen LogP) is 3.14. The lowest BCUT2D eigenvalue weighted by Crippen LogP contribution is -2.53. The van der Waals surface area contributed by atoms with Crippen molar-refractivity contribution in [3.05, 3.63) is 30.4 Å². The summed E-state index contributed by atoms with van der Waals surface area (Å²) in [5.74, 6) is -3.34. The number of alkyl halides is 2. The van der Waals surface area contributed by atoms with Gasteiger partial charge in [0.1, 0.15) is 0 Å². The van der Waals surface area contributed by atoms with Gasteiger partial charge in [-0.3, -0.25) is 9.20 Å². The normalized spacial score (nSPS) is 25.8. The van der Waals surface area contributed by atoms with Crippen LogP contribution in [0.3, 0.4) is 0 Å². The van der Waals surface area contributed by atoms with Crippen LogP contribution in [-0.2, 0) is 10.2 Å². The number of rotatable bonds is 2. The third-order valence-corrected chi connectivity index (χ3v) is 6.11. The number of imidazole rings is 1. The van der Waals surface area contributed by atoms with Gasteiger partial charge in [-0.05, 0) is 18.9 Å². The summed E-state index contributed by atoms with van der Waals surface area (Å²) < 4.78 is 28.5. The summed E-state index contributed by atoms with van der Waals surface area (Å²) in [5, 5.41) is 0. The van der Waals surface area contributed by atoms with Gasteiger partial charge < -0.3 is 9.88 Å². The van der Waals surface area contributed by atoms with Gasteiger partial charge in [0, 0.05) is 49.7 Å². The van der Waals surface area contributed by atoms with Crippen LogP contribution in [-0.4, -0.2) is 49.2 Å². The van der Waals surface area contributed by atoms with E-state index in [4.69, 9.17) is 0 Å². The molecular formula is C19H21F2N5O. The summed E-state index contributed by atoms with van der Waals surface area (Å²) in [6.07, 6.45) is 6.56. The fraction of sp³-hybridized carbons (Fsp3) is 0.526. The standard InChI is InChI=1S/C19H21F2N5O/c1-18(4-2-6-25(11-18)17(27)12-7-19(20,21)8-12)14-9-23-15-10-24-16-13(26(14)15)3-5-22-16/h3,5,9-10,12,22H,2,4,6-8,11H2,1H3. The lowest BCUT2D eigenvalue weighted by Gasteiger charge is -2.44. The average Bonchev–Trinajstić information content (AvgIpc) is 3.25. The number of H-pyrrole nitrogens is 1. The van der Waals surface area contributed by atoms with E-state index in [1.54, 1.807) is 11.1 Å². The molecule has 1 N–H and O–H groups in total. The Morgan fingerprint density at radius 2 is 2.11 bits per heavy atom. The molecule has 0 radical (unpaired) electrons. The van der Waals surface area contributed by atoms with Crippen LogP contribution in [0.5, 0.6) is 0 Å². The van der Waals surface area contributed by atoms with Crippen molar-refractivity contribution >= 4 is 22.7 Å². The number of nitrogens with one attached hydrogen (secondary N) is 1. The Morgan fingerprint density at radius 1 is 1.30 bits per heavy atom. The maximum atomic E-state index is 13.2. The molecule has 1 aliphatic heterocycles. The van der Waals surface area contributed by atoms with Gasteiger partial charge >= 0.3 is 0 Å². The van der Waals surface area contributed by atoms with Crippen LogP contribution >= 0.6 is 0 Å². The SMILES string of the molecule is CC1(c2cnc3cnc4[nH]ccc4n23)CCCN(C(=O)C2CC(F)(F)C2)C1. The number of carbonyl (C=O) groups excluding carboxylic acids is 1. The lowest BCUT2D eigenvalue weighted by molar-refractivity contribution is -0.161. The Kier molecular flexibility index (Phi) is 3.39. The second-order valence-electron chi connectivity index (χ2n) is 8.19. The largest absolute Gasteiger partial charge is 0.345 e. The van der Waals surface area contributed by atoms with Crippen LogP contribution in [0.15, 0.2) is 24.7 Å². The summed E-state index contributed by atoms with van der Waals surface area (Å²) >= 11 is 0. The number of piperidine rings is 1. The highest BCUT2D eigenvalue weighted by Gasteiger charge is 2.50. The van der Waals surface area contributed by atoms with Crippen molar-refractivity contribution in [1.29, 1.82) is 0 Å². The van der Waals surface area contributed by atoms with Gasteiger partial charge in [0.15, 0.2) is 11.3 Å². The third kappa shape index (κ3) is 2.53. The quantitative estimate of drug-likeness (QED) is 0.751. The monoisotopic (exact) mass is 373 g/mol. The number of hydrogen-bond acceptors (Lipinski definition) is 3. The molecule has 3 aromatic rings. The van der Waals surface area contributed by atoms with Crippen molar-refractivity contribution in [2.75, 3.05) is 13.1 Å². The summed E-state index contributed by atoms with van der Waals surface area (Å²) in [6, 6.07) is 1.96. The van der Waals surface area contributed by atoms with E-state index in [9.17, 15) is 13.6 Å². The molecule has 1 aliphatic carbocycles. The minimum Gasteiger partial charge on any atom is -0.345 e. The van der Waals surface area contributed by atoms with Gasteiger partial charge in [-0.15, -0.1) is 0 Å². The molecule has 1 atom stereocenters. The minimum atomic E-state index is -2.67. The molecule has 2 aliphatic rings. The van der Waals surface area contributed by atoms with Gasteiger partial charge in [-0.25, -0.2) is 18.7 Å². The van der Waals surface area contributed by atoms with E-state index in [-0.39, 0.29) is 24.2 Å². The van der Waals surface area contributed by atoms with Crippen molar-refractivity contribution in [2.45, 2.75) is 43.9 Å². The van der Waals surface area contributed by atoms with Crippen molar-refractivity contribution in [3.63, 3.8) is 0 Å². The second kappa shape index (κ2) is 5.50. The van der Waals surface area contributed by atoms with E-state index in [1.807, 2.05) is 18.5 Å². The average molecular weight is 373 g/mol. The number of halogens is 2. The summed E-state index contributed by atoms with van der Waals surface area (Å²) in [7, 11) is 0. The molecule has 1 amide bonds. The van der Waals surface area contributed by atoms with Gasteiger partial charge in [0.05, 0.1) is 17.4 Å². The molecule has 0 aromatic carbocycles. The summed E-state index contributed by atoms with van der Waals surface area (Å²) in [5.41, 5.74) is 3.24. The van der Waals surface area contributed by atoms with Crippen LogP contribution < -0.4 is 0 Å². The van der Waals surface area contributed by atoms with Gasteiger partial charge in [-0.2, -0.15) is 0 Å². The van der Waals surface area contributed by atoms with Crippen molar-refractivity contribution in [1.82, 2.24) is 24.3 Å².